The molecule has 0 radical (unpaired) electrons. The molecule has 6 heteroatoms. The predicted molar refractivity (Wildman–Crippen MR) is 93.7 cm³/mol. The number of nitrogens with zero attached hydrogens (tertiary/aromatic N) is 2. The first-order valence-electron chi connectivity index (χ1n) is 7.55. The third kappa shape index (κ3) is 3.75. The monoisotopic (exact) mass is 344 g/mol. The van der Waals surface area contributed by atoms with Gasteiger partial charge in [-0.15, -0.1) is 0 Å². The minimum absolute atomic E-state index is 0.0914. The maximum atomic E-state index is 12.4. The Morgan fingerprint density at radius 3 is 2.75 bits per heavy atom. The zero-order chi connectivity index (χ0) is 17.1. The van der Waals surface area contributed by atoms with Crippen molar-refractivity contribution < 1.29 is 9.84 Å². The zero-order valence-corrected chi connectivity index (χ0v) is 13.9. The number of aryl methyl sites for hydroxylation is 1. The molecule has 0 aliphatic heterocycles. The lowest BCUT2D eigenvalue weighted by molar-refractivity contribution is 0.0915. The number of hydrogen-bond donors (Lipinski definition) is 1. The van der Waals surface area contributed by atoms with Crippen LogP contribution in [0.4, 0.5) is 0 Å². The number of ether oxygens (including phenoxy) is 1. The van der Waals surface area contributed by atoms with Crippen molar-refractivity contribution in [3.8, 4) is 5.75 Å². The molecular formula is C18H17ClN2O3. The van der Waals surface area contributed by atoms with Crippen molar-refractivity contribution >= 4 is 22.5 Å². The summed E-state index contributed by atoms with van der Waals surface area (Å²) in [6, 6.07) is 12.5. The van der Waals surface area contributed by atoms with E-state index in [1.165, 1.54) is 10.9 Å². The van der Waals surface area contributed by atoms with Gasteiger partial charge in [0.15, 0.2) is 0 Å². The fourth-order valence-corrected chi connectivity index (χ4v) is 2.53. The molecule has 3 aromatic rings. The smallest absolute Gasteiger partial charge is 0.261 e. The Bertz CT molecular complexity index is 906. The quantitative estimate of drug-likeness (QED) is 0.773. The molecule has 0 aliphatic carbocycles. The Hall–Kier alpha value is -2.37. The van der Waals surface area contributed by atoms with Gasteiger partial charge in [0, 0.05) is 5.02 Å². The van der Waals surface area contributed by atoms with Crippen molar-refractivity contribution in [3.05, 3.63) is 69.7 Å². The van der Waals surface area contributed by atoms with E-state index in [2.05, 4.69) is 4.98 Å². The molecule has 2 aromatic carbocycles. The van der Waals surface area contributed by atoms with Crippen LogP contribution in [-0.2, 0) is 6.54 Å². The maximum absolute atomic E-state index is 12.4. The van der Waals surface area contributed by atoms with Gasteiger partial charge in [0.2, 0.25) is 0 Å². The van der Waals surface area contributed by atoms with E-state index in [9.17, 15) is 9.90 Å². The largest absolute Gasteiger partial charge is 0.491 e. The van der Waals surface area contributed by atoms with Gasteiger partial charge in [-0.2, -0.15) is 0 Å². The van der Waals surface area contributed by atoms with Crippen molar-refractivity contribution in [1.29, 1.82) is 0 Å². The Balaban J connectivity index is 1.70. The summed E-state index contributed by atoms with van der Waals surface area (Å²) in [4.78, 5) is 16.6. The van der Waals surface area contributed by atoms with Gasteiger partial charge in [0.05, 0.1) is 23.8 Å². The third-order valence-corrected chi connectivity index (χ3v) is 3.89. The van der Waals surface area contributed by atoms with Gasteiger partial charge in [0.25, 0.3) is 5.56 Å². The lowest BCUT2D eigenvalue weighted by Crippen LogP contribution is -2.30. The molecule has 0 fully saturated rings. The molecule has 0 spiro atoms. The van der Waals surface area contributed by atoms with E-state index in [1.807, 2.05) is 31.2 Å². The Labute approximate surface area is 144 Å². The SMILES string of the molecule is Cc1ccc(OCC(O)Cn2cnc3cc(Cl)ccc3c2=O)cc1. The van der Waals surface area contributed by atoms with Crippen LogP contribution in [0.15, 0.2) is 53.6 Å². The number of aromatic nitrogens is 2. The summed E-state index contributed by atoms with van der Waals surface area (Å²) in [6.45, 7) is 2.19. The number of benzene rings is 2. The topological polar surface area (TPSA) is 64.3 Å². The molecule has 5 nitrogen and oxygen atoms in total. The molecule has 0 saturated carbocycles. The van der Waals surface area contributed by atoms with Crippen LogP contribution in [0.2, 0.25) is 5.02 Å². The molecule has 1 unspecified atom stereocenters. The minimum atomic E-state index is -0.824. The predicted octanol–water partition coefficient (Wildman–Crippen LogP) is 2.80. The van der Waals surface area contributed by atoms with Gasteiger partial charge < -0.3 is 9.84 Å². The fourth-order valence-electron chi connectivity index (χ4n) is 2.37. The second-order valence-electron chi connectivity index (χ2n) is 5.64. The van der Waals surface area contributed by atoms with Gasteiger partial charge in [-0.05, 0) is 37.3 Å². The number of hydrogen-bond acceptors (Lipinski definition) is 4. The molecule has 1 heterocycles. The molecular weight excluding hydrogens is 328 g/mol. The van der Waals surface area contributed by atoms with E-state index in [-0.39, 0.29) is 18.7 Å². The van der Waals surface area contributed by atoms with E-state index in [4.69, 9.17) is 16.3 Å². The fraction of sp³-hybridized carbons (Fsp3) is 0.222. The summed E-state index contributed by atoms with van der Waals surface area (Å²) in [5.41, 5.74) is 1.46. The number of halogens is 1. The van der Waals surface area contributed by atoms with Crippen molar-refractivity contribution in [2.45, 2.75) is 19.6 Å². The molecule has 1 N–H and O–H groups in total. The number of aliphatic hydroxyl groups excluding tert-OH is 1. The van der Waals surface area contributed by atoms with Gasteiger partial charge >= 0.3 is 0 Å². The highest BCUT2D eigenvalue weighted by atomic mass is 35.5. The average Bonchev–Trinajstić information content (AvgIpc) is 2.57. The maximum Gasteiger partial charge on any atom is 0.261 e. The molecule has 3 rings (SSSR count). The van der Waals surface area contributed by atoms with E-state index in [0.29, 0.717) is 21.7 Å². The van der Waals surface area contributed by atoms with Crippen molar-refractivity contribution in [1.82, 2.24) is 9.55 Å². The summed E-state index contributed by atoms with van der Waals surface area (Å²) in [5, 5.41) is 11.1. The summed E-state index contributed by atoms with van der Waals surface area (Å²) in [7, 11) is 0. The Kier molecular flexibility index (Phi) is 4.83. The summed E-state index contributed by atoms with van der Waals surface area (Å²) < 4.78 is 6.91. The molecule has 124 valence electrons. The van der Waals surface area contributed by atoms with Gasteiger partial charge in [-0.3, -0.25) is 9.36 Å². The van der Waals surface area contributed by atoms with Crippen molar-refractivity contribution in [3.63, 3.8) is 0 Å². The molecule has 0 amide bonds. The minimum Gasteiger partial charge on any atom is -0.491 e. The summed E-state index contributed by atoms with van der Waals surface area (Å²) in [6.07, 6.45) is 0.589. The molecule has 24 heavy (non-hydrogen) atoms. The van der Waals surface area contributed by atoms with E-state index in [1.54, 1.807) is 18.2 Å². The van der Waals surface area contributed by atoms with Gasteiger partial charge in [-0.1, -0.05) is 29.3 Å². The lowest BCUT2D eigenvalue weighted by Gasteiger charge is -2.14. The van der Waals surface area contributed by atoms with Crippen LogP contribution >= 0.6 is 11.6 Å². The molecule has 1 atom stereocenters. The second kappa shape index (κ2) is 7.03. The zero-order valence-electron chi connectivity index (χ0n) is 13.1. The normalized spacial score (nSPS) is 12.3. The molecule has 0 bridgehead atoms. The van der Waals surface area contributed by atoms with Crippen LogP contribution in [0.1, 0.15) is 5.56 Å². The Morgan fingerprint density at radius 2 is 2.00 bits per heavy atom. The van der Waals surface area contributed by atoms with E-state index < -0.39 is 6.10 Å². The highest BCUT2D eigenvalue weighted by molar-refractivity contribution is 6.31. The van der Waals surface area contributed by atoms with Crippen LogP contribution in [0, 0.1) is 6.92 Å². The third-order valence-electron chi connectivity index (χ3n) is 3.66. The van der Waals surface area contributed by atoms with Crippen molar-refractivity contribution in [2.75, 3.05) is 6.61 Å². The highest BCUT2D eigenvalue weighted by Gasteiger charge is 2.10. The standard InChI is InChI=1S/C18H17ClN2O3/c1-12-2-5-15(6-3-12)24-10-14(22)9-21-11-20-17-8-13(19)4-7-16(17)18(21)23/h2-8,11,14,22H,9-10H2,1H3. The second-order valence-corrected chi connectivity index (χ2v) is 6.08. The van der Waals surface area contributed by atoms with Gasteiger partial charge in [0.1, 0.15) is 18.5 Å². The average molecular weight is 345 g/mol. The Morgan fingerprint density at radius 1 is 1.25 bits per heavy atom. The van der Waals surface area contributed by atoms with Crippen LogP contribution in [0.5, 0.6) is 5.75 Å². The first-order valence-corrected chi connectivity index (χ1v) is 7.93. The van der Waals surface area contributed by atoms with E-state index in [0.717, 1.165) is 5.56 Å². The van der Waals surface area contributed by atoms with Crippen LogP contribution in [0.25, 0.3) is 10.9 Å². The number of rotatable bonds is 5. The highest BCUT2D eigenvalue weighted by Crippen LogP contribution is 2.14. The lowest BCUT2D eigenvalue weighted by atomic mass is 10.2. The van der Waals surface area contributed by atoms with Crippen LogP contribution in [-0.4, -0.2) is 27.4 Å². The van der Waals surface area contributed by atoms with Crippen LogP contribution in [0.3, 0.4) is 0 Å². The first kappa shape index (κ1) is 16.5. The molecule has 0 aliphatic rings. The molecule has 1 aromatic heterocycles. The van der Waals surface area contributed by atoms with Crippen LogP contribution < -0.4 is 10.3 Å². The number of fused-ring (bicyclic) bond motifs is 1. The van der Waals surface area contributed by atoms with E-state index >= 15 is 0 Å². The number of aliphatic hydroxyl groups is 1. The summed E-state index contributed by atoms with van der Waals surface area (Å²) in [5.74, 6) is 0.679. The van der Waals surface area contributed by atoms with Gasteiger partial charge in [-0.25, -0.2) is 4.98 Å². The molecule has 0 saturated heterocycles. The summed E-state index contributed by atoms with van der Waals surface area (Å²) >= 11 is 5.90. The first-order chi connectivity index (χ1) is 11.5. The van der Waals surface area contributed by atoms with Crippen molar-refractivity contribution in [2.24, 2.45) is 0 Å².